The van der Waals surface area contributed by atoms with Crippen LogP contribution in [-0.2, 0) is 24.1 Å². The first-order chi connectivity index (χ1) is 23.8. The number of ketones is 1. The topological polar surface area (TPSA) is 99.3 Å². The molecule has 49 heavy (non-hydrogen) atoms. The van der Waals surface area contributed by atoms with Crippen LogP contribution in [0.1, 0.15) is 88.5 Å². The minimum Gasteiger partial charge on any atom is -0.508 e. The van der Waals surface area contributed by atoms with Gasteiger partial charge in [0, 0.05) is 37.9 Å². The van der Waals surface area contributed by atoms with Gasteiger partial charge in [-0.2, -0.15) is 15.2 Å². The Bertz CT molecular complexity index is 1640. The van der Waals surface area contributed by atoms with Gasteiger partial charge in [0.1, 0.15) is 11.6 Å². The van der Waals surface area contributed by atoms with Crippen molar-refractivity contribution in [3.05, 3.63) is 90.7 Å². The number of carbonyl (C=O) groups excluding carboxylic acids is 1. The maximum absolute atomic E-state index is 12.0. The smallest absolute Gasteiger partial charge is 0.318 e. The van der Waals surface area contributed by atoms with Gasteiger partial charge in [-0.1, -0.05) is 75.8 Å². The molecule has 4 rings (SSSR count). The van der Waals surface area contributed by atoms with E-state index in [0.29, 0.717) is 50.9 Å². The summed E-state index contributed by atoms with van der Waals surface area (Å²) in [5.74, 6) is 1.86. The van der Waals surface area contributed by atoms with E-state index >= 15 is 0 Å². The molecule has 7 heteroatoms. The summed E-state index contributed by atoms with van der Waals surface area (Å²) in [6.45, 7) is 18.4. The molecule has 2 aromatic carbocycles. The van der Waals surface area contributed by atoms with E-state index in [1.165, 1.54) is 6.08 Å². The lowest BCUT2D eigenvalue weighted by Gasteiger charge is -2.29. The highest BCUT2D eigenvalue weighted by Crippen LogP contribution is 2.37. The molecule has 1 N–H and O–H groups in total. The van der Waals surface area contributed by atoms with Gasteiger partial charge in [-0.15, -0.1) is 6.58 Å². The van der Waals surface area contributed by atoms with Crippen molar-refractivity contribution in [2.45, 2.75) is 90.9 Å². The quantitative estimate of drug-likeness (QED) is 0.0557. The highest BCUT2D eigenvalue weighted by atomic mass is 16.5. The number of rotatable bonds is 20. The second-order valence-electron chi connectivity index (χ2n) is 13.7. The first-order valence-electron chi connectivity index (χ1n) is 18.0. The lowest BCUT2D eigenvalue weighted by atomic mass is 9.87. The number of ether oxygens (including phenoxy) is 1. The van der Waals surface area contributed by atoms with Crippen molar-refractivity contribution in [1.29, 1.82) is 5.26 Å². The highest BCUT2D eigenvalue weighted by Gasteiger charge is 2.28. The number of aromatic nitrogens is 2. The van der Waals surface area contributed by atoms with E-state index in [4.69, 9.17) is 14.7 Å². The minimum atomic E-state index is 0.0530. The van der Waals surface area contributed by atoms with Crippen molar-refractivity contribution < 1.29 is 14.6 Å². The predicted octanol–water partition coefficient (Wildman–Crippen LogP) is 9.28. The third-order valence-corrected chi connectivity index (χ3v) is 9.68. The van der Waals surface area contributed by atoms with Crippen LogP contribution in [0.25, 0.3) is 10.8 Å². The first-order valence-corrected chi connectivity index (χ1v) is 18.0. The Morgan fingerprint density at radius 2 is 2.02 bits per heavy atom. The molecule has 0 saturated carbocycles. The second-order valence-corrected chi connectivity index (χ2v) is 13.7. The van der Waals surface area contributed by atoms with Gasteiger partial charge >= 0.3 is 6.01 Å². The fourth-order valence-corrected chi connectivity index (χ4v) is 6.93. The Morgan fingerprint density at radius 3 is 2.78 bits per heavy atom. The number of anilines is 1. The third-order valence-electron chi connectivity index (χ3n) is 9.68. The molecule has 0 aliphatic heterocycles. The maximum Gasteiger partial charge on any atom is 0.318 e. The van der Waals surface area contributed by atoms with E-state index in [1.807, 2.05) is 36.4 Å². The van der Waals surface area contributed by atoms with Crippen molar-refractivity contribution in [3.8, 4) is 17.8 Å². The average molecular weight is 663 g/mol. The van der Waals surface area contributed by atoms with E-state index in [2.05, 4.69) is 50.6 Å². The molecule has 0 fully saturated rings. The number of carbonyl (C=O) groups is 1. The first kappa shape index (κ1) is 37.4. The van der Waals surface area contributed by atoms with Gasteiger partial charge in [0.25, 0.3) is 0 Å². The number of nitrogens with zero attached hydrogens (tertiary/aromatic N) is 4. The number of aromatic hydroxyl groups is 1. The van der Waals surface area contributed by atoms with E-state index in [9.17, 15) is 15.2 Å². The largest absolute Gasteiger partial charge is 0.508 e. The molecule has 1 aromatic heterocycles. The standard InChI is InChI=1S/C42H54N4O3/c1-6-9-15-32(14-7-2)29-49-42-44-40-24-31(5)33(25-35-27-37(48)26-34-16-10-11-18-38(34)35)19-20-39(40)41(45-42)46(28-30(4)21-22-43)23-13-12-17-36(47)8-3/h7-8,10-11,16,18,26-27,30,32-33,48H,2-3,5-6,9,12-15,17,19-21,23-25,28-29H2,1,4H3/t30-,32-,33?/m0/s1. The third kappa shape index (κ3) is 10.8. The van der Waals surface area contributed by atoms with E-state index in [-0.39, 0.29) is 23.4 Å². The van der Waals surface area contributed by atoms with Crippen LogP contribution >= 0.6 is 0 Å². The number of benzene rings is 2. The molecule has 0 amide bonds. The van der Waals surface area contributed by atoms with Crippen LogP contribution in [0.4, 0.5) is 5.82 Å². The number of hydrogen-bond donors (Lipinski definition) is 1. The molecule has 0 radical (unpaired) electrons. The van der Waals surface area contributed by atoms with Gasteiger partial charge in [-0.3, -0.25) is 4.79 Å². The van der Waals surface area contributed by atoms with Gasteiger partial charge < -0.3 is 14.7 Å². The van der Waals surface area contributed by atoms with Crippen molar-refractivity contribution in [2.24, 2.45) is 17.8 Å². The lowest BCUT2D eigenvalue weighted by molar-refractivity contribution is -0.114. The van der Waals surface area contributed by atoms with Crippen LogP contribution in [-0.4, -0.2) is 40.6 Å². The number of allylic oxidation sites excluding steroid dienone is 3. The molecule has 3 aromatic rings. The average Bonchev–Trinajstić information content (AvgIpc) is 3.24. The van der Waals surface area contributed by atoms with Crippen LogP contribution in [0.2, 0.25) is 0 Å². The monoisotopic (exact) mass is 662 g/mol. The van der Waals surface area contributed by atoms with Crippen molar-refractivity contribution in [2.75, 3.05) is 24.6 Å². The van der Waals surface area contributed by atoms with Crippen LogP contribution in [0.15, 0.2) is 73.9 Å². The molecular formula is C42H54N4O3. The van der Waals surface area contributed by atoms with E-state index in [1.54, 1.807) is 0 Å². The summed E-state index contributed by atoms with van der Waals surface area (Å²) in [5.41, 5.74) is 4.28. The number of unbranched alkanes of at least 4 members (excludes halogenated alkanes) is 2. The molecule has 3 atom stereocenters. The molecular weight excluding hydrogens is 608 g/mol. The Morgan fingerprint density at radius 1 is 1.20 bits per heavy atom. The minimum absolute atomic E-state index is 0.0530. The molecule has 1 aliphatic rings. The van der Waals surface area contributed by atoms with Gasteiger partial charge in [0.2, 0.25) is 0 Å². The summed E-state index contributed by atoms with van der Waals surface area (Å²) in [4.78, 5) is 24.4. The molecule has 1 unspecified atom stereocenters. The molecule has 7 nitrogen and oxygen atoms in total. The Kier molecular flexibility index (Phi) is 14.4. The normalized spacial score (nSPS) is 15.4. The van der Waals surface area contributed by atoms with Crippen molar-refractivity contribution in [3.63, 3.8) is 0 Å². The highest BCUT2D eigenvalue weighted by molar-refractivity contribution is 5.89. The Hall–Kier alpha value is -4.44. The Labute approximate surface area is 293 Å². The molecule has 1 heterocycles. The van der Waals surface area contributed by atoms with E-state index < -0.39 is 0 Å². The van der Waals surface area contributed by atoms with Gasteiger partial charge in [0.05, 0.1) is 18.4 Å². The second kappa shape index (κ2) is 18.9. The lowest BCUT2D eigenvalue weighted by Crippen LogP contribution is -2.32. The SMILES string of the molecule is C=CC[C@@H](CCCC)COc1nc2c(c(N(CCCCC(=O)C=C)C[C@@H](C)CC#N)n1)CCC(Cc1cc(O)cc3ccccc13)C(=C)C2. The summed E-state index contributed by atoms with van der Waals surface area (Å²) >= 11 is 0. The Balaban J connectivity index is 1.68. The number of hydrogen-bond acceptors (Lipinski definition) is 7. The zero-order chi connectivity index (χ0) is 35.2. The van der Waals surface area contributed by atoms with Crippen LogP contribution in [0, 0.1) is 29.1 Å². The number of fused-ring (bicyclic) bond motifs is 2. The number of nitriles is 1. The zero-order valence-corrected chi connectivity index (χ0v) is 29.6. The summed E-state index contributed by atoms with van der Waals surface area (Å²) in [7, 11) is 0. The van der Waals surface area contributed by atoms with Crippen LogP contribution in [0.5, 0.6) is 11.8 Å². The summed E-state index contributed by atoms with van der Waals surface area (Å²) in [5, 5.41) is 22.2. The fourth-order valence-electron chi connectivity index (χ4n) is 6.93. The molecule has 0 bridgehead atoms. The van der Waals surface area contributed by atoms with Crippen molar-refractivity contribution >= 4 is 22.4 Å². The van der Waals surface area contributed by atoms with Gasteiger partial charge in [0.15, 0.2) is 5.78 Å². The summed E-state index contributed by atoms with van der Waals surface area (Å²) < 4.78 is 6.40. The molecule has 1 aliphatic carbocycles. The summed E-state index contributed by atoms with van der Waals surface area (Å²) in [6, 6.07) is 14.6. The number of phenolic OH excluding ortho intramolecular Hbond substituents is 1. The number of phenols is 1. The predicted molar refractivity (Wildman–Crippen MR) is 200 cm³/mol. The maximum atomic E-state index is 12.0. The summed E-state index contributed by atoms with van der Waals surface area (Å²) in [6.07, 6.45) is 13.1. The van der Waals surface area contributed by atoms with Gasteiger partial charge in [-0.05, 0) is 97.2 Å². The van der Waals surface area contributed by atoms with Gasteiger partial charge in [-0.25, -0.2) is 0 Å². The zero-order valence-electron chi connectivity index (χ0n) is 29.6. The molecule has 0 spiro atoms. The van der Waals surface area contributed by atoms with Crippen LogP contribution < -0.4 is 9.64 Å². The van der Waals surface area contributed by atoms with E-state index in [0.717, 1.165) is 96.8 Å². The molecule has 260 valence electrons. The van der Waals surface area contributed by atoms with Crippen LogP contribution in [0.3, 0.4) is 0 Å². The fraction of sp³-hybridized carbons (Fsp3) is 0.476. The molecule has 0 saturated heterocycles. The van der Waals surface area contributed by atoms with Crippen molar-refractivity contribution in [1.82, 2.24) is 9.97 Å².